The standard InChI is InChI=1S/C8H7F3N2O2S3/c9-8(10,11)16-4-3-13-18(14,15)7-2-1-6(5-12)17-7/h1-2,13H,3-4H2. The van der Waals surface area contributed by atoms with Gasteiger partial charge in [0.1, 0.15) is 15.2 Å². The maximum atomic E-state index is 11.8. The molecule has 0 aliphatic heterocycles. The third-order valence-corrected chi connectivity index (χ3v) is 5.29. The molecule has 1 aromatic rings. The molecule has 0 saturated carbocycles. The Balaban J connectivity index is 2.53. The van der Waals surface area contributed by atoms with Gasteiger partial charge in [-0.15, -0.1) is 11.3 Å². The van der Waals surface area contributed by atoms with Crippen molar-refractivity contribution < 1.29 is 21.6 Å². The predicted octanol–water partition coefficient (Wildman–Crippen LogP) is 2.15. The van der Waals surface area contributed by atoms with Gasteiger partial charge in [-0.25, -0.2) is 13.1 Å². The van der Waals surface area contributed by atoms with Crippen LogP contribution in [0.25, 0.3) is 0 Å². The van der Waals surface area contributed by atoms with Crippen molar-refractivity contribution in [2.45, 2.75) is 9.72 Å². The van der Waals surface area contributed by atoms with Crippen LogP contribution < -0.4 is 4.72 Å². The molecule has 0 atom stereocenters. The average Bonchev–Trinajstić information content (AvgIpc) is 2.72. The summed E-state index contributed by atoms with van der Waals surface area (Å²) in [6, 6.07) is 4.36. The Morgan fingerprint density at radius 1 is 1.44 bits per heavy atom. The van der Waals surface area contributed by atoms with Crippen molar-refractivity contribution in [3.63, 3.8) is 0 Å². The summed E-state index contributed by atoms with van der Waals surface area (Å²) < 4.78 is 60.5. The van der Waals surface area contributed by atoms with E-state index in [4.69, 9.17) is 5.26 Å². The van der Waals surface area contributed by atoms with E-state index in [2.05, 4.69) is 0 Å². The van der Waals surface area contributed by atoms with E-state index in [1.165, 1.54) is 12.1 Å². The molecule has 1 heterocycles. The third kappa shape index (κ3) is 4.85. The van der Waals surface area contributed by atoms with Crippen LogP contribution in [0.1, 0.15) is 4.88 Å². The average molecular weight is 316 g/mol. The lowest BCUT2D eigenvalue weighted by molar-refractivity contribution is -0.0327. The number of nitrogens with one attached hydrogen (secondary N) is 1. The first-order valence-electron chi connectivity index (χ1n) is 4.45. The first kappa shape index (κ1) is 15.3. The van der Waals surface area contributed by atoms with Crippen LogP contribution in [0.3, 0.4) is 0 Å². The molecule has 1 aromatic heterocycles. The molecule has 0 bridgehead atoms. The van der Waals surface area contributed by atoms with Crippen LogP contribution in [0.15, 0.2) is 16.3 Å². The molecule has 0 radical (unpaired) electrons. The second-order valence-electron chi connectivity index (χ2n) is 2.92. The Hall–Kier alpha value is -0.760. The van der Waals surface area contributed by atoms with Crippen molar-refractivity contribution in [2.24, 2.45) is 0 Å². The highest BCUT2D eigenvalue weighted by atomic mass is 32.2. The number of thioether (sulfide) groups is 1. The molecular formula is C8H7F3N2O2S3. The number of hydrogen-bond acceptors (Lipinski definition) is 5. The number of hydrogen-bond donors (Lipinski definition) is 1. The zero-order valence-corrected chi connectivity index (χ0v) is 11.1. The van der Waals surface area contributed by atoms with Crippen molar-refractivity contribution in [2.75, 3.05) is 12.3 Å². The van der Waals surface area contributed by atoms with Gasteiger partial charge in [0.2, 0.25) is 10.0 Å². The molecule has 4 nitrogen and oxygen atoms in total. The topological polar surface area (TPSA) is 70.0 Å². The fraction of sp³-hybridized carbons (Fsp3) is 0.375. The predicted molar refractivity (Wildman–Crippen MR) is 62.7 cm³/mol. The summed E-state index contributed by atoms with van der Waals surface area (Å²) in [6.07, 6.45) is 0. The van der Waals surface area contributed by atoms with Crippen LogP contribution >= 0.6 is 23.1 Å². The second kappa shape index (κ2) is 5.92. The summed E-state index contributed by atoms with van der Waals surface area (Å²) in [5.41, 5.74) is -4.37. The molecule has 0 aliphatic carbocycles. The van der Waals surface area contributed by atoms with E-state index in [0.29, 0.717) is 0 Å². The van der Waals surface area contributed by atoms with Crippen molar-refractivity contribution in [1.82, 2.24) is 4.72 Å². The number of rotatable bonds is 5. The molecule has 1 rings (SSSR count). The van der Waals surface area contributed by atoms with E-state index < -0.39 is 21.3 Å². The van der Waals surface area contributed by atoms with Crippen LogP contribution in [0, 0.1) is 11.3 Å². The molecule has 100 valence electrons. The quantitative estimate of drug-likeness (QED) is 0.845. The molecule has 0 aliphatic rings. The highest BCUT2D eigenvalue weighted by molar-refractivity contribution is 8.00. The number of nitriles is 1. The summed E-state index contributed by atoms with van der Waals surface area (Å²) in [5.74, 6) is -0.404. The highest BCUT2D eigenvalue weighted by Crippen LogP contribution is 2.29. The van der Waals surface area contributed by atoms with Crippen molar-refractivity contribution >= 4 is 33.1 Å². The van der Waals surface area contributed by atoms with Crippen LogP contribution in [0.4, 0.5) is 13.2 Å². The first-order valence-corrected chi connectivity index (χ1v) is 7.73. The number of alkyl halides is 3. The minimum Gasteiger partial charge on any atom is -0.210 e. The van der Waals surface area contributed by atoms with Gasteiger partial charge in [0, 0.05) is 12.3 Å². The Kier molecular flexibility index (Phi) is 5.03. The summed E-state index contributed by atoms with van der Waals surface area (Å²) in [6.45, 7) is -0.327. The van der Waals surface area contributed by atoms with E-state index in [0.717, 1.165) is 11.3 Å². The zero-order valence-electron chi connectivity index (χ0n) is 8.69. The highest BCUT2D eigenvalue weighted by Gasteiger charge is 2.27. The van der Waals surface area contributed by atoms with Gasteiger partial charge in [-0.05, 0) is 23.9 Å². The SMILES string of the molecule is N#Cc1ccc(S(=O)(=O)NCCSC(F)(F)F)s1. The lowest BCUT2D eigenvalue weighted by Gasteiger charge is -2.06. The van der Waals surface area contributed by atoms with Crippen molar-refractivity contribution in [3.05, 3.63) is 17.0 Å². The van der Waals surface area contributed by atoms with Gasteiger partial charge >= 0.3 is 5.51 Å². The van der Waals surface area contributed by atoms with Gasteiger partial charge in [0.05, 0.1) is 0 Å². The van der Waals surface area contributed by atoms with E-state index in [9.17, 15) is 21.6 Å². The molecule has 0 saturated heterocycles. The molecule has 0 aromatic carbocycles. The first-order chi connectivity index (χ1) is 8.24. The minimum absolute atomic E-state index is 0.0870. The number of nitrogens with zero attached hydrogens (tertiary/aromatic N) is 1. The fourth-order valence-electron chi connectivity index (χ4n) is 0.939. The summed E-state index contributed by atoms with van der Waals surface area (Å²) in [4.78, 5) is 0.222. The Morgan fingerprint density at radius 3 is 2.61 bits per heavy atom. The summed E-state index contributed by atoms with van der Waals surface area (Å²) in [5, 5.41) is 8.54. The Labute approximate surface area is 110 Å². The van der Waals surface area contributed by atoms with E-state index in [1.54, 1.807) is 6.07 Å². The normalized spacial score (nSPS) is 12.3. The fourth-order valence-corrected chi connectivity index (χ4v) is 3.68. The zero-order chi connectivity index (χ0) is 13.8. The van der Waals surface area contributed by atoms with E-state index >= 15 is 0 Å². The third-order valence-electron chi connectivity index (χ3n) is 1.62. The molecule has 1 N–H and O–H groups in total. The maximum absolute atomic E-state index is 11.8. The molecule has 0 unspecified atom stereocenters. The number of halogens is 3. The Morgan fingerprint density at radius 2 is 2.11 bits per heavy atom. The lowest BCUT2D eigenvalue weighted by Crippen LogP contribution is -2.26. The van der Waals surface area contributed by atoms with Gasteiger partial charge in [0.15, 0.2) is 0 Å². The molecular weight excluding hydrogens is 309 g/mol. The van der Waals surface area contributed by atoms with Crippen LogP contribution in [0.5, 0.6) is 0 Å². The van der Waals surface area contributed by atoms with Crippen LogP contribution in [-0.4, -0.2) is 26.2 Å². The largest absolute Gasteiger partial charge is 0.441 e. The van der Waals surface area contributed by atoms with Gasteiger partial charge < -0.3 is 0 Å². The lowest BCUT2D eigenvalue weighted by atomic mass is 10.5. The molecule has 10 heteroatoms. The van der Waals surface area contributed by atoms with Crippen molar-refractivity contribution in [1.29, 1.82) is 5.26 Å². The van der Waals surface area contributed by atoms with Gasteiger partial charge in [-0.2, -0.15) is 18.4 Å². The van der Waals surface area contributed by atoms with Gasteiger partial charge in [-0.1, -0.05) is 0 Å². The van der Waals surface area contributed by atoms with Crippen LogP contribution in [-0.2, 0) is 10.0 Å². The molecule has 0 spiro atoms. The van der Waals surface area contributed by atoms with Crippen molar-refractivity contribution in [3.8, 4) is 6.07 Å². The monoisotopic (exact) mass is 316 g/mol. The number of sulfonamides is 1. The maximum Gasteiger partial charge on any atom is 0.441 e. The second-order valence-corrected chi connectivity index (χ2v) is 7.16. The van der Waals surface area contributed by atoms with Gasteiger partial charge in [0.25, 0.3) is 0 Å². The van der Waals surface area contributed by atoms with Gasteiger partial charge in [-0.3, -0.25) is 0 Å². The van der Waals surface area contributed by atoms with E-state index in [1.807, 2.05) is 4.72 Å². The van der Waals surface area contributed by atoms with Crippen LogP contribution in [0.2, 0.25) is 0 Å². The summed E-state index contributed by atoms with van der Waals surface area (Å²) >= 11 is 0.466. The van der Waals surface area contributed by atoms with E-state index in [-0.39, 0.29) is 27.4 Å². The smallest absolute Gasteiger partial charge is 0.210 e. The molecule has 0 amide bonds. The number of thiophene rings is 1. The minimum atomic E-state index is -4.37. The molecule has 18 heavy (non-hydrogen) atoms. The Bertz CT molecular complexity index is 545. The summed E-state index contributed by atoms with van der Waals surface area (Å²) in [7, 11) is -3.83. The molecule has 0 fully saturated rings.